The lowest BCUT2D eigenvalue weighted by atomic mass is 10.2. The number of sulfonamides is 1. The second-order valence-electron chi connectivity index (χ2n) is 4.06. The van der Waals surface area contributed by atoms with Crippen LogP contribution in [0.2, 0.25) is 0 Å². The van der Waals surface area contributed by atoms with Crippen molar-refractivity contribution in [2.24, 2.45) is 0 Å². The number of amides is 1. The Bertz CT molecular complexity index is 560. The molecule has 0 bridgehead atoms. The predicted octanol–water partition coefficient (Wildman–Crippen LogP) is 0.414. The van der Waals surface area contributed by atoms with E-state index < -0.39 is 35.0 Å². The molecular formula is C11H14F2N2O4S. The molecule has 0 radical (unpaired) electrons. The summed E-state index contributed by atoms with van der Waals surface area (Å²) < 4.78 is 48.2. The van der Waals surface area contributed by atoms with Crippen molar-refractivity contribution in [3.8, 4) is 0 Å². The summed E-state index contributed by atoms with van der Waals surface area (Å²) >= 11 is 0. The molecule has 1 unspecified atom stereocenters. The van der Waals surface area contributed by atoms with Crippen LogP contribution in [0.4, 0.5) is 14.5 Å². The monoisotopic (exact) mass is 308 g/mol. The number of nitrogens with one attached hydrogen (secondary N) is 2. The van der Waals surface area contributed by atoms with Gasteiger partial charge in [0.2, 0.25) is 10.0 Å². The van der Waals surface area contributed by atoms with Crippen LogP contribution in [0.25, 0.3) is 0 Å². The molecule has 1 amide bonds. The highest BCUT2D eigenvalue weighted by molar-refractivity contribution is 7.92. The minimum absolute atomic E-state index is 0.158. The Hall–Kier alpha value is -1.74. The third-order valence-electron chi connectivity index (χ3n) is 2.21. The van der Waals surface area contributed by atoms with Gasteiger partial charge in [-0.25, -0.2) is 17.2 Å². The first-order chi connectivity index (χ1) is 9.19. The first kappa shape index (κ1) is 16.3. The van der Waals surface area contributed by atoms with Crippen LogP contribution in [0.15, 0.2) is 24.3 Å². The Morgan fingerprint density at radius 2 is 1.85 bits per heavy atom. The molecule has 1 atom stereocenters. The van der Waals surface area contributed by atoms with E-state index in [0.29, 0.717) is 0 Å². The number of carbonyl (C=O) groups excluding carboxylic acids is 1. The lowest BCUT2D eigenvalue weighted by molar-refractivity contribution is -0.00270. The Morgan fingerprint density at radius 3 is 2.30 bits per heavy atom. The fraction of sp³-hybridized carbons (Fsp3) is 0.364. The standard InChI is InChI=1S/C11H14F2N2O4S/c1-20(18,19)15-8-4-2-7(3-5-8)11(17)14-6-9(16)10(12)13/h2-5,9-10,15-16H,6H2,1H3,(H,14,17). The van der Waals surface area contributed by atoms with E-state index in [1.54, 1.807) is 0 Å². The van der Waals surface area contributed by atoms with Gasteiger partial charge in [-0.1, -0.05) is 0 Å². The number of aliphatic hydroxyl groups is 1. The number of hydrogen-bond donors (Lipinski definition) is 3. The molecule has 0 heterocycles. The Balaban J connectivity index is 2.62. The first-order valence-electron chi connectivity index (χ1n) is 5.51. The van der Waals surface area contributed by atoms with Crippen LogP contribution in [0.3, 0.4) is 0 Å². The summed E-state index contributed by atoms with van der Waals surface area (Å²) in [4.78, 5) is 11.6. The van der Waals surface area contributed by atoms with Crippen molar-refractivity contribution in [1.29, 1.82) is 0 Å². The molecule has 1 aromatic rings. The van der Waals surface area contributed by atoms with Gasteiger partial charge < -0.3 is 10.4 Å². The average Bonchev–Trinajstić information content (AvgIpc) is 2.34. The Kier molecular flexibility index (Phi) is 5.40. The van der Waals surface area contributed by atoms with Gasteiger partial charge in [0.15, 0.2) is 0 Å². The van der Waals surface area contributed by atoms with E-state index in [9.17, 15) is 22.0 Å². The highest BCUT2D eigenvalue weighted by Gasteiger charge is 2.17. The van der Waals surface area contributed by atoms with E-state index in [0.717, 1.165) is 6.26 Å². The lowest BCUT2D eigenvalue weighted by Gasteiger charge is -2.11. The van der Waals surface area contributed by atoms with Gasteiger partial charge >= 0.3 is 0 Å². The van der Waals surface area contributed by atoms with Crippen molar-refractivity contribution in [2.75, 3.05) is 17.5 Å². The third kappa shape index (κ3) is 5.49. The maximum absolute atomic E-state index is 12.0. The number of halogens is 2. The number of aliphatic hydroxyl groups excluding tert-OH is 1. The average molecular weight is 308 g/mol. The zero-order chi connectivity index (χ0) is 15.3. The van der Waals surface area contributed by atoms with Crippen LogP contribution in [0, 0.1) is 0 Å². The molecule has 0 saturated heterocycles. The molecule has 0 spiro atoms. The Morgan fingerprint density at radius 1 is 1.30 bits per heavy atom. The summed E-state index contributed by atoms with van der Waals surface area (Å²) in [5.74, 6) is -0.643. The fourth-order valence-electron chi connectivity index (χ4n) is 1.29. The van der Waals surface area contributed by atoms with Crippen LogP contribution in [-0.4, -0.2) is 44.8 Å². The molecule has 0 fully saturated rings. The van der Waals surface area contributed by atoms with Gasteiger partial charge in [-0.2, -0.15) is 0 Å². The minimum Gasteiger partial charge on any atom is -0.385 e. The smallest absolute Gasteiger partial charge is 0.265 e. The molecular weight excluding hydrogens is 294 g/mol. The number of benzene rings is 1. The zero-order valence-electron chi connectivity index (χ0n) is 10.5. The van der Waals surface area contributed by atoms with Crippen LogP contribution >= 0.6 is 0 Å². The first-order valence-corrected chi connectivity index (χ1v) is 7.40. The van der Waals surface area contributed by atoms with E-state index in [4.69, 9.17) is 5.11 Å². The van der Waals surface area contributed by atoms with Crippen molar-refractivity contribution in [3.05, 3.63) is 29.8 Å². The van der Waals surface area contributed by atoms with Crippen LogP contribution in [0.1, 0.15) is 10.4 Å². The van der Waals surface area contributed by atoms with Gasteiger partial charge in [-0.15, -0.1) is 0 Å². The minimum atomic E-state index is -3.41. The molecule has 6 nitrogen and oxygen atoms in total. The molecule has 0 aliphatic rings. The van der Waals surface area contributed by atoms with Gasteiger partial charge in [0.05, 0.1) is 6.26 Å². The number of anilines is 1. The van der Waals surface area contributed by atoms with Crippen LogP contribution in [0.5, 0.6) is 0 Å². The zero-order valence-corrected chi connectivity index (χ0v) is 11.3. The van der Waals surface area contributed by atoms with E-state index in [1.807, 2.05) is 0 Å². The molecule has 0 aliphatic heterocycles. The van der Waals surface area contributed by atoms with Crippen LogP contribution < -0.4 is 10.0 Å². The third-order valence-corrected chi connectivity index (χ3v) is 2.82. The lowest BCUT2D eigenvalue weighted by Crippen LogP contribution is -2.35. The molecule has 112 valence electrons. The fourth-order valence-corrected chi connectivity index (χ4v) is 1.86. The molecule has 20 heavy (non-hydrogen) atoms. The number of hydrogen-bond acceptors (Lipinski definition) is 4. The second kappa shape index (κ2) is 6.62. The van der Waals surface area contributed by atoms with E-state index in [1.165, 1.54) is 24.3 Å². The molecule has 0 aromatic heterocycles. The number of alkyl halides is 2. The largest absolute Gasteiger partial charge is 0.385 e. The molecule has 3 N–H and O–H groups in total. The van der Waals surface area contributed by atoms with Crippen molar-refractivity contribution in [1.82, 2.24) is 5.32 Å². The van der Waals surface area contributed by atoms with Crippen molar-refractivity contribution in [3.63, 3.8) is 0 Å². The number of rotatable bonds is 6. The van der Waals surface area contributed by atoms with Crippen molar-refractivity contribution >= 4 is 21.6 Å². The summed E-state index contributed by atoms with van der Waals surface area (Å²) in [6.07, 6.45) is -3.87. The molecule has 0 saturated carbocycles. The topological polar surface area (TPSA) is 95.5 Å². The summed E-state index contributed by atoms with van der Waals surface area (Å²) in [7, 11) is -3.41. The van der Waals surface area contributed by atoms with Gasteiger partial charge in [0, 0.05) is 17.8 Å². The summed E-state index contributed by atoms with van der Waals surface area (Å²) in [6, 6.07) is 5.38. The van der Waals surface area contributed by atoms with Crippen molar-refractivity contribution < 1.29 is 27.1 Å². The van der Waals surface area contributed by atoms with Gasteiger partial charge in [0.25, 0.3) is 12.3 Å². The van der Waals surface area contributed by atoms with E-state index in [-0.39, 0.29) is 11.3 Å². The van der Waals surface area contributed by atoms with Gasteiger partial charge in [-0.3, -0.25) is 9.52 Å². The highest BCUT2D eigenvalue weighted by atomic mass is 32.2. The summed E-state index contributed by atoms with van der Waals surface area (Å²) in [5, 5.41) is 11.0. The van der Waals surface area contributed by atoms with E-state index >= 15 is 0 Å². The van der Waals surface area contributed by atoms with Gasteiger partial charge in [-0.05, 0) is 24.3 Å². The van der Waals surface area contributed by atoms with Crippen LogP contribution in [-0.2, 0) is 10.0 Å². The molecule has 0 aliphatic carbocycles. The summed E-state index contributed by atoms with van der Waals surface area (Å²) in [5.41, 5.74) is 0.433. The maximum atomic E-state index is 12.0. The quantitative estimate of drug-likeness (QED) is 0.709. The number of carbonyl (C=O) groups is 1. The predicted molar refractivity (Wildman–Crippen MR) is 69.3 cm³/mol. The molecule has 9 heteroatoms. The maximum Gasteiger partial charge on any atom is 0.265 e. The summed E-state index contributed by atoms with van der Waals surface area (Å²) in [6.45, 7) is -0.570. The Labute approximate surface area is 114 Å². The van der Waals surface area contributed by atoms with E-state index in [2.05, 4.69) is 10.0 Å². The highest BCUT2D eigenvalue weighted by Crippen LogP contribution is 2.11. The molecule has 1 rings (SSSR count). The second-order valence-corrected chi connectivity index (χ2v) is 5.81. The van der Waals surface area contributed by atoms with Gasteiger partial charge in [0.1, 0.15) is 6.10 Å². The molecule has 1 aromatic carbocycles. The normalized spacial score (nSPS) is 13.1. The SMILES string of the molecule is CS(=O)(=O)Nc1ccc(C(=O)NCC(O)C(F)F)cc1. The van der Waals surface area contributed by atoms with Crippen molar-refractivity contribution in [2.45, 2.75) is 12.5 Å².